The van der Waals surface area contributed by atoms with E-state index in [2.05, 4.69) is 10.3 Å². The Bertz CT molecular complexity index is 644. The van der Waals surface area contributed by atoms with Crippen molar-refractivity contribution in [1.82, 2.24) is 4.98 Å². The van der Waals surface area contributed by atoms with E-state index in [1.54, 1.807) is 6.07 Å². The van der Waals surface area contributed by atoms with Crippen LogP contribution in [-0.2, 0) is 11.2 Å². The summed E-state index contributed by atoms with van der Waals surface area (Å²) in [4.78, 5) is 15.5. The smallest absolute Gasteiger partial charge is 0.230 e. The number of carbonyl (C=O) groups excluding carboxylic acids is 1. The van der Waals surface area contributed by atoms with Crippen LogP contribution in [0.4, 0.5) is 24.5 Å². The van der Waals surface area contributed by atoms with Gasteiger partial charge in [-0.25, -0.2) is 13.2 Å². The Kier molecular flexibility index (Phi) is 3.88. The predicted octanol–water partition coefficient (Wildman–Crippen LogP) is 2.26. The van der Waals surface area contributed by atoms with Crippen LogP contribution < -0.4 is 11.1 Å². The number of nitrogens with two attached hydrogens (primary N) is 1. The number of carbonyl (C=O) groups is 1. The largest absolute Gasteiger partial charge is 0.397 e. The van der Waals surface area contributed by atoms with Crippen LogP contribution in [0.3, 0.4) is 0 Å². The maximum Gasteiger partial charge on any atom is 0.230 e. The standard InChI is InChI=1S/C13H10F3N3O/c14-7-3-10(15)13(16)11(4-7)19-12(20)5-9-2-1-8(17)6-18-9/h1-4,6H,5,17H2,(H,19,20). The normalized spacial score (nSPS) is 10.3. The Labute approximate surface area is 112 Å². The monoisotopic (exact) mass is 281 g/mol. The van der Waals surface area contributed by atoms with E-state index in [0.29, 0.717) is 23.5 Å². The van der Waals surface area contributed by atoms with Gasteiger partial charge in [0, 0.05) is 17.8 Å². The average Bonchev–Trinajstić information content (AvgIpc) is 2.38. The van der Waals surface area contributed by atoms with Crippen LogP contribution in [0.15, 0.2) is 30.5 Å². The fourth-order valence-corrected chi connectivity index (χ4v) is 1.55. The molecule has 1 aromatic heterocycles. The number of nitrogen functional groups attached to an aromatic ring is 1. The van der Waals surface area contributed by atoms with Crippen molar-refractivity contribution < 1.29 is 18.0 Å². The molecule has 2 aromatic rings. The van der Waals surface area contributed by atoms with Crippen molar-refractivity contribution >= 4 is 17.3 Å². The second-order valence-electron chi connectivity index (χ2n) is 4.06. The summed E-state index contributed by atoms with van der Waals surface area (Å²) in [5.41, 5.74) is 5.72. The Morgan fingerprint density at radius 1 is 1.25 bits per heavy atom. The number of amides is 1. The van der Waals surface area contributed by atoms with Gasteiger partial charge in [0.25, 0.3) is 0 Å². The van der Waals surface area contributed by atoms with Gasteiger partial charge in [-0.15, -0.1) is 0 Å². The van der Waals surface area contributed by atoms with Gasteiger partial charge in [-0.2, -0.15) is 0 Å². The molecular formula is C13H10F3N3O. The Morgan fingerprint density at radius 3 is 2.65 bits per heavy atom. The molecule has 1 heterocycles. The lowest BCUT2D eigenvalue weighted by Gasteiger charge is -2.07. The number of pyridine rings is 1. The SMILES string of the molecule is Nc1ccc(CC(=O)Nc2cc(F)cc(F)c2F)nc1. The van der Waals surface area contributed by atoms with Crippen molar-refractivity contribution in [3.63, 3.8) is 0 Å². The molecule has 7 heteroatoms. The number of hydrogen-bond donors (Lipinski definition) is 2. The van der Waals surface area contributed by atoms with E-state index in [9.17, 15) is 18.0 Å². The predicted molar refractivity (Wildman–Crippen MR) is 67.3 cm³/mol. The Balaban J connectivity index is 2.10. The minimum Gasteiger partial charge on any atom is -0.397 e. The zero-order valence-electron chi connectivity index (χ0n) is 10.2. The number of nitrogens with one attached hydrogen (secondary N) is 1. The fourth-order valence-electron chi connectivity index (χ4n) is 1.55. The number of anilines is 2. The Hall–Kier alpha value is -2.57. The van der Waals surface area contributed by atoms with Crippen LogP contribution in [0.2, 0.25) is 0 Å². The quantitative estimate of drug-likeness (QED) is 0.848. The van der Waals surface area contributed by atoms with Crippen LogP contribution in [0.5, 0.6) is 0 Å². The van der Waals surface area contributed by atoms with E-state index < -0.39 is 29.0 Å². The first-order valence-electron chi connectivity index (χ1n) is 5.60. The third kappa shape index (κ3) is 3.25. The van der Waals surface area contributed by atoms with E-state index in [-0.39, 0.29) is 6.42 Å². The average molecular weight is 281 g/mol. The second kappa shape index (κ2) is 5.60. The van der Waals surface area contributed by atoms with E-state index in [4.69, 9.17) is 5.73 Å². The molecule has 104 valence electrons. The first kappa shape index (κ1) is 13.9. The van der Waals surface area contributed by atoms with Crippen molar-refractivity contribution in [2.75, 3.05) is 11.1 Å². The van der Waals surface area contributed by atoms with Crippen LogP contribution in [-0.4, -0.2) is 10.9 Å². The molecule has 0 radical (unpaired) electrons. The third-order valence-electron chi connectivity index (χ3n) is 2.46. The number of benzene rings is 1. The van der Waals surface area contributed by atoms with Gasteiger partial charge in [0.05, 0.1) is 24.0 Å². The number of nitrogens with zero attached hydrogens (tertiary/aromatic N) is 1. The van der Waals surface area contributed by atoms with Crippen LogP contribution in [0.25, 0.3) is 0 Å². The summed E-state index contributed by atoms with van der Waals surface area (Å²) >= 11 is 0. The minimum atomic E-state index is -1.37. The van der Waals surface area contributed by atoms with Gasteiger partial charge in [0.2, 0.25) is 5.91 Å². The first-order valence-corrected chi connectivity index (χ1v) is 5.60. The molecule has 0 bridgehead atoms. The fraction of sp³-hybridized carbons (Fsp3) is 0.0769. The summed E-state index contributed by atoms with van der Waals surface area (Å²) in [7, 11) is 0. The van der Waals surface area contributed by atoms with Crippen LogP contribution in [0.1, 0.15) is 5.69 Å². The topological polar surface area (TPSA) is 68.0 Å². The summed E-state index contributed by atoms with van der Waals surface area (Å²) < 4.78 is 39.3. The van der Waals surface area contributed by atoms with Crippen molar-refractivity contribution in [2.45, 2.75) is 6.42 Å². The van der Waals surface area contributed by atoms with Gasteiger partial charge < -0.3 is 11.1 Å². The second-order valence-corrected chi connectivity index (χ2v) is 4.06. The molecule has 1 aromatic carbocycles. The summed E-state index contributed by atoms with van der Waals surface area (Å²) in [6, 6.07) is 4.18. The zero-order valence-corrected chi connectivity index (χ0v) is 10.2. The highest BCUT2D eigenvalue weighted by Crippen LogP contribution is 2.19. The number of aromatic nitrogens is 1. The van der Waals surface area contributed by atoms with E-state index in [0.717, 1.165) is 0 Å². The highest BCUT2D eigenvalue weighted by molar-refractivity contribution is 5.92. The van der Waals surface area contributed by atoms with E-state index in [1.165, 1.54) is 12.3 Å². The molecule has 0 unspecified atom stereocenters. The molecule has 0 saturated carbocycles. The van der Waals surface area contributed by atoms with Gasteiger partial charge in [0.15, 0.2) is 11.6 Å². The summed E-state index contributed by atoms with van der Waals surface area (Å²) in [6.45, 7) is 0. The van der Waals surface area contributed by atoms with Crippen LogP contribution in [0, 0.1) is 17.5 Å². The van der Waals surface area contributed by atoms with Gasteiger partial charge in [-0.1, -0.05) is 0 Å². The van der Waals surface area contributed by atoms with Gasteiger partial charge in [0.1, 0.15) is 5.82 Å². The zero-order chi connectivity index (χ0) is 14.7. The van der Waals surface area contributed by atoms with E-state index >= 15 is 0 Å². The molecule has 0 fully saturated rings. The molecule has 3 N–H and O–H groups in total. The molecule has 4 nitrogen and oxygen atoms in total. The van der Waals surface area contributed by atoms with Gasteiger partial charge in [-0.05, 0) is 12.1 Å². The molecule has 20 heavy (non-hydrogen) atoms. The van der Waals surface area contributed by atoms with Crippen LogP contribution >= 0.6 is 0 Å². The molecule has 2 rings (SSSR count). The lowest BCUT2D eigenvalue weighted by molar-refractivity contribution is -0.115. The molecule has 0 aliphatic carbocycles. The van der Waals surface area contributed by atoms with Crippen molar-refractivity contribution in [2.24, 2.45) is 0 Å². The molecule has 0 saturated heterocycles. The molecule has 0 atom stereocenters. The Morgan fingerprint density at radius 2 is 2.00 bits per heavy atom. The summed E-state index contributed by atoms with van der Waals surface area (Å²) in [5.74, 6) is -4.31. The number of hydrogen-bond acceptors (Lipinski definition) is 3. The molecule has 1 amide bonds. The molecule has 0 spiro atoms. The highest BCUT2D eigenvalue weighted by atomic mass is 19.2. The number of rotatable bonds is 3. The molecule has 0 aliphatic rings. The molecular weight excluding hydrogens is 271 g/mol. The van der Waals surface area contributed by atoms with E-state index in [1.807, 2.05) is 0 Å². The lowest BCUT2D eigenvalue weighted by Crippen LogP contribution is -2.16. The van der Waals surface area contributed by atoms with Crippen molar-refractivity contribution in [3.8, 4) is 0 Å². The summed E-state index contributed by atoms with van der Waals surface area (Å²) in [6.07, 6.45) is 1.20. The van der Waals surface area contributed by atoms with Gasteiger partial charge >= 0.3 is 0 Å². The van der Waals surface area contributed by atoms with Gasteiger partial charge in [-0.3, -0.25) is 9.78 Å². The van der Waals surface area contributed by atoms with Crippen molar-refractivity contribution in [3.05, 3.63) is 53.6 Å². The highest BCUT2D eigenvalue weighted by Gasteiger charge is 2.14. The maximum atomic E-state index is 13.3. The first-order chi connectivity index (χ1) is 9.45. The molecule has 0 aliphatic heterocycles. The lowest BCUT2D eigenvalue weighted by atomic mass is 10.2. The maximum absolute atomic E-state index is 13.3. The summed E-state index contributed by atoms with van der Waals surface area (Å²) in [5, 5.41) is 2.09. The minimum absolute atomic E-state index is 0.169. The third-order valence-corrected chi connectivity index (χ3v) is 2.46. The van der Waals surface area contributed by atoms with Crippen molar-refractivity contribution in [1.29, 1.82) is 0 Å². The number of halogens is 3.